The molecule has 0 saturated carbocycles. The number of rotatable bonds is 7. The fourth-order valence-corrected chi connectivity index (χ4v) is 5.83. The lowest BCUT2D eigenvalue weighted by molar-refractivity contribution is -0.599. The summed E-state index contributed by atoms with van der Waals surface area (Å²) in [6.07, 6.45) is 13.7. The second kappa shape index (κ2) is 8.16. The lowest BCUT2D eigenvalue weighted by atomic mass is 9.56. The Labute approximate surface area is 204 Å². The Bertz CT molecular complexity index is 1370. The number of allylic oxidation sites excluding steroid dienone is 5. The van der Waals surface area contributed by atoms with Gasteiger partial charge in [-0.25, -0.2) is 4.58 Å². The van der Waals surface area contributed by atoms with Gasteiger partial charge in [-0.1, -0.05) is 44.4 Å². The third-order valence-corrected chi connectivity index (χ3v) is 7.69. The Balaban J connectivity index is 2.22. The van der Waals surface area contributed by atoms with Crippen LogP contribution in [0.3, 0.4) is 0 Å². The van der Waals surface area contributed by atoms with Crippen molar-refractivity contribution < 1.29 is 9.68 Å². The average Bonchev–Trinajstić information content (AvgIpc) is 3.11. The fourth-order valence-electron chi connectivity index (χ4n) is 5.83. The van der Waals surface area contributed by atoms with Crippen LogP contribution in [0.15, 0.2) is 73.9 Å². The molecule has 2 aromatic rings. The van der Waals surface area contributed by atoms with E-state index in [1.165, 1.54) is 22.4 Å². The van der Waals surface area contributed by atoms with Crippen molar-refractivity contribution in [1.29, 1.82) is 0 Å². The Kier molecular flexibility index (Phi) is 5.72. The maximum absolute atomic E-state index is 10.7. The minimum atomic E-state index is -0.155. The molecular formula is C31H37N2O+. The highest BCUT2D eigenvalue weighted by Crippen LogP contribution is 2.52. The van der Waals surface area contributed by atoms with Gasteiger partial charge in [-0.3, -0.25) is 0 Å². The number of benzene rings is 1. The first kappa shape index (κ1) is 23.8. The molecule has 0 bridgehead atoms. The molecule has 1 aromatic heterocycles. The van der Waals surface area contributed by atoms with Crippen LogP contribution in [0.1, 0.15) is 63.9 Å². The molecule has 2 unspecified atom stereocenters. The maximum Gasteiger partial charge on any atom is 0.208 e. The van der Waals surface area contributed by atoms with E-state index in [0.717, 1.165) is 40.8 Å². The van der Waals surface area contributed by atoms with Crippen LogP contribution >= 0.6 is 0 Å². The summed E-state index contributed by atoms with van der Waals surface area (Å²) in [4.78, 5) is 0. The number of aliphatic hydroxyl groups is 1. The van der Waals surface area contributed by atoms with Gasteiger partial charge in [-0.2, -0.15) is 0 Å². The number of hydrogen-bond acceptors (Lipinski definition) is 1. The van der Waals surface area contributed by atoms with Crippen LogP contribution in [0.2, 0.25) is 0 Å². The van der Waals surface area contributed by atoms with Crippen molar-refractivity contribution in [1.82, 2.24) is 4.57 Å². The summed E-state index contributed by atoms with van der Waals surface area (Å²) in [5.41, 5.74) is 8.38. The summed E-state index contributed by atoms with van der Waals surface area (Å²) >= 11 is 0. The zero-order valence-corrected chi connectivity index (χ0v) is 21.5. The molecule has 3 nitrogen and oxygen atoms in total. The first-order chi connectivity index (χ1) is 16.1. The smallest absolute Gasteiger partial charge is 0.208 e. The van der Waals surface area contributed by atoms with E-state index >= 15 is 0 Å². The molecule has 3 heteroatoms. The van der Waals surface area contributed by atoms with E-state index in [0.29, 0.717) is 0 Å². The Morgan fingerprint density at radius 3 is 2.38 bits per heavy atom. The number of aliphatic hydroxyl groups excluding tert-OH is 1. The maximum atomic E-state index is 10.7. The number of fused-ring (bicyclic) bond motifs is 4. The summed E-state index contributed by atoms with van der Waals surface area (Å²) in [5, 5.41) is 11.7. The van der Waals surface area contributed by atoms with E-state index in [1.54, 1.807) is 0 Å². The quantitative estimate of drug-likeness (QED) is 0.202. The largest absolute Gasteiger partial charge is 0.508 e. The average molecular weight is 454 g/mol. The van der Waals surface area contributed by atoms with Gasteiger partial charge in [-0.15, -0.1) is 0 Å². The molecule has 176 valence electrons. The van der Waals surface area contributed by atoms with E-state index in [1.807, 2.05) is 25.2 Å². The van der Waals surface area contributed by atoms with E-state index < -0.39 is 0 Å². The van der Waals surface area contributed by atoms with Gasteiger partial charge in [-0.05, 0) is 70.0 Å². The van der Waals surface area contributed by atoms with E-state index in [2.05, 4.69) is 93.9 Å². The van der Waals surface area contributed by atoms with Crippen LogP contribution in [0.4, 0.5) is 0 Å². The summed E-state index contributed by atoms with van der Waals surface area (Å²) < 4.78 is 4.65. The SMILES string of the molecule is C=CC[N+]1=C(C=C(C)C)c2cc3c(C(=C)O)c(CC)n(C(=C)/C=C\C)c3cc2C2(C)C=CC12C. The van der Waals surface area contributed by atoms with E-state index in [4.69, 9.17) is 0 Å². The van der Waals surface area contributed by atoms with Crippen LogP contribution in [0, 0.1) is 0 Å². The van der Waals surface area contributed by atoms with E-state index in [-0.39, 0.29) is 16.7 Å². The Morgan fingerprint density at radius 1 is 1.18 bits per heavy atom. The minimum absolute atomic E-state index is 0.0935. The first-order valence-electron chi connectivity index (χ1n) is 12.1. The van der Waals surface area contributed by atoms with Crippen molar-refractivity contribution in [3.63, 3.8) is 0 Å². The lowest BCUT2D eigenvalue weighted by Crippen LogP contribution is -2.63. The number of hydrogen-bond donors (Lipinski definition) is 1. The molecule has 1 N–H and O–H groups in total. The zero-order chi connectivity index (χ0) is 25.0. The standard InChI is InChI=1S/C31H36N2O/c1-10-13-21(6)33-26(12-3)29(22(7)34)24-18-23-25(19-28(24)33)30(8)14-15-31(30,9)32(16-11-2)27(23)17-20(4)5/h10-11,13-15,17-19H,2,6-7,12,16H2,1,3-5,8-9H3/p+1/b13-10-. The van der Waals surface area contributed by atoms with Crippen LogP contribution in [0.25, 0.3) is 22.4 Å². The molecule has 0 fully saturated rings. The molecule has 1 aromatic carbocycles. The monoisotopic (exact) mass is 453 g/mol. The fraction of sp³-hybridized carbons (Fsp3) is 0.323. The van der Waals surface area contributed by atoms with Crippen molar-refractivity contribution in [2.75, 3.05) is 6.54 Å². The van der Waals surface area contributed by atoms with Crippen molar-refractivity contribution in [2.45, 2.75) is 58.9 Å². The Morgan fingerprint density at radius 2 is 1.88 bits per heavy atom. The molecule has 2 aliphatic rings. The Hall–Kier alpha value is -3.33. The third-order valence-electron chi connectivity index (χ3n) is 7.69. The minimum Gasteiger partial charge on any atom is -0.508 e. The van der Waals surface area contributed by atoms with Gasteiger partial charge in [0, 0.05) is 35.3 Å². The predicted octanol–water partition coefficient (Wildman–Crippen LogP) is 7.33. The van der Waals surface area contributed by atoms with Crippen LogP contribution in [-0.2, 0) is 11.8 Å². The molecule has 1 aliphatic heterocycles. The van der Waals surface area contributed by atoms with Crippen LogP contribution in [0.5, 0.6) is 0 Å². The summed E-state index contributed by atoms with van der Waals surface area (Å²) in [7, 11) is 0. The summed E-state index contributed by atoms with van der Waals surface area (Å²) in [5.74, 6) is 0.0935. The van der Waals surface area contributed by atoms with Crippen LogP contribution < -0.4 is 0 Å². The molecule has 0 radical (unpaired) electrons. The van der Waals surface area contributed by atoms with Gasteiger partial charge >= 0.3 is 0 Å². The summed E-state index contributed by atoms with van der Waals surface area (Å²) in [6.45, 7) is 26.1. The molecule has 0 spiro atoms. The normalized spacial score (nSPS) is 23.0. The van der Waals surface area contributed by atoms with Gasteiger partial charge in [0.2, 0.25) is 5.71 Å². The van der Waals surface area contributed by atoms with Gasteiger partial charge in [0.25, 0.3) is 0 Å². The van der Waals surface area contributed by atoms with Crippen molar-refractivity contribution >= 4 is 28.1 Å². The molecule has 0 amide bonds. The number of aromatic nitrogens is 1. The topological polar surface area (TPSA) is 28.2 Å². The third kappa shape index (κ3) is 3.06. The van der Waals surface area contributed by atoms with Crippen molar-refractivity contribution in [2.24, 2.45) is 0 Å². The second-order valence-corrected chi connectivity index (χ2v) is 10.1. The molecule has 4 rings (SSSR count). The molecular weight excluding hydrogens is 416 g/mol. The van der Waals surface area contributed by atoms with E-state index in [9.17, 15) is 5.11 Å². The van der Waals surface area contributed by atoms with Crippen LogP contribution in [-0.4, -0.2) is 32.0 Å². The molecule has 0 saturated heterocycles. The number of nitrogens with zero attached hydrogens (tertiary/aromatic N) is 2. The molecule has 34 heavy (non-hydrogen) atoms. The van der Waals surface area contributed by atoms with Gasteiger partial charge < -0.3 is 9.67 Å². The van der Waals surface area contributed by atoms with Gasteiger partial charge in [0.15, 0.2) is 12.1 Å². The lowest BCUT2D eigenvalue weighted by Gasteiger charge is -2.50. The second-order valence-electron chi connectivity index (χ2n) is 10.1. The molecule has 2 heterocycles. The van der Waals surface area contributed by atoms with Gasteiger partial charge in [0.1, 0.15) is 5.76 Å². The molecule has 2 atom stereocenters. The zero-order valence-electron chi connectivity index (χ0n) is 21.5. The van der Waals surface area contributed by atoms with Gasteiger partial charge in [0.05, 0.1) is 16.5 Å². The highest BCUT2D eigenvalue weighted by molar-refractivity contribution is 6.11. The first-order valence-corrected chi connectivity index (χ1v) is 12.1. The van der Waals surface area contributed by atoms with Crippen molar-refractivity contribution in [3.8, 4) is 0 Å². The molecule has 1 aliphatic carbocycles. The highest BCUT2D eigenvalue weighted by Gasteiger charge is 2.61. The summed E-state index contributed by atoms with van der Waals surface area (Å²) in [6, 6.07) is 4.57. The van der Waals surface area contributed by atoms with Crippen molar-refractivity contribution in [3.05, 3.63) is 96.3 Å². The highest BCUT2D eigenvalue weighted by atomic mass is 16.3. The predicted molar refractivity (Wildman–Crippen MR) is 147 cm³/mol.